The number of carbonyl (C=O) groups excluding carboxylic acids is 2. The standard InChI is InChI=1S/C20H20N2O4S2/c1-4-25-20(24)17-12-6-5-7-13(12)28-19(17)21-18(23)15-9-8-14(27-15)16-10(2)22-26-11(16)3/h8-9H,4-7H2,1-3H3,(H,21,23). The Morgan fingerprint density at radius 2 is 2.07 bits per heavy atom. The van der Waals surface area contributed by atoms with Crippen LogP contribution in [0.15, 0.2) is 16.7 Å². The Balaban J connectivity index is 1.61. The molecule has 0 radical (unpaired) electrons. The van der Waals surface area contributed by atoms with Gasteiger partial charge in [0.2, 0.25) is 0 Å². The quantitative estimate of drug-likeness (QED) is 0.592. The maximum atomic E-state index is 12.8. The number of esters is 1. The molecule has 3 aromatic heterocycles. The fourth-order valence-electron chi connectivity index (χ4n) is 3.51. The molecular weight excluding hydrogens is 396 g/mol. The first-order valence-electron chi connectivity index (χ1n) is 9.15. The summed E-state index contributed by atoms with van der Waals surface area (Å²) < 4.78 is 10.4. The summed E-state index contributed by atoms with van der Waals surface area (Å²) in [6.45, 7) is 5.82. The summed E-state index contributed by atoms with van der Waals surface area (Å²) in [7, 11) is 0. The molecule has 3 aromatic rings. The molecule has 1 N–H and O–H groups in total. The van der Waals surface area contributed by atoms with E-state index in [1.807, 2.05) is 19.9 Å². The monoisotopic (exact) mass is 416 g/mol. The lowest BCUT2D eigenvalue weighted by atomic mass is 10.1. The Bertz CT molecular complexity index is 1040. The van der Waals surface area contributed by atoms with E-state index in [4.69, 9.17) is 9.26 Å². The lowest BCUT2D eigenvalue weighted by molar-refractivity contribution is 0.0527. The van der Waals surface area contributed by atoms with Gasteiger partial charge in [0, 0.05) is 9.75 Å². The third kappa shape index (κ3) is 3.27. The molecule has 0 aromatic carbocycles. The molecule has 1 aliphatic rings. The average Bonchev–Trinajstić information content (AvgIpc) is 3.39. The molecule has 28 heavy (non-hydrogen) atoms. The van der Waals surface area contributed by atoms with Crippen molar-refractivity contribution in [1.82, 2.24) is 5.16 Å². The highest BCUT2D eigenvalue weighted by Crippen LogP contribution is 2.40. The normalized spacial score (nSPS) is 12.8. The highest BCUT2D eigenvalue weighted by Gasteiger charge is 2.28. The summed E-state index contributed by atoms with van der Waals surface area (Å²) in [5, 5.41) is 7.49. The van der Waals surface area contributed by atoms with Gasteiger partial charge in [0.05, 0.1) is 28.3 Å². The molecule has 1 aliphatic carbocycles. The topological polar surface area (TPSA) is 81.4 Å². The van der Waals surface area contributed by atoms with E-state index < -0.39 is 0 Å². The van der Waals surface area contributed by atoms with Crippen LogP contribution in [0, 0.1) is 13.8 Å². The molecule has 0 saturated carbocycles. The van der Waals surface area contributed by atoms with Crippen LogP contribution >= 0.6 is 22.7 Å². The number of hydrogen-bond donors (Lipinski definition) is 1. The van der Waals surface area contributed by atoms with Crippen LogP contribution in [-0.4, -0.2) is 23.6 Å². The Labute approximate surface area is 170 Å². The van der Waals surface area contributed by atoms with Crippen molar-refractivity contribution in [3.8, 4) is 10.4 Å². The van der Waals surface area contributed by atoms with Gasteiger partial charge in [-0.2, -0.15) is 0 Å². The van der Waals surface area contributed by atoms with Crippen LogP contribution in [0.1, 0.15) is 55.3 Å². The largest absolute Gasteiger partial charge is 0.462 e. The molecule has 8 heteroatoms. The lowest BCUT2D eigenvalue weighted by Crippen LogP contribution is -2.14. The number of aryl methyl sites for hydroxylation is 3. The highest BCUT2D eigenvalue weighted by atomic mass is 32.1. The Hall–Kier alpha value is -2.45. The molecule has 0 saturated heterocycles. The van der Waals surface area contributed by atoms with E-state index in [9.17, 15) is 9.59 Å². The summed E-state index contributed by atoms with van der Waals surface area (Å²) in [6.07, 6.45) is 2.83. The zero-order valence-electron chi connectivity index (χ0n) is 15.9. The number of aromatic nitrogens is 1. The SMILES string of the molecule is CCOC(=O)c1c(NC(=O)c2ccc(-c3c(C)noc3C)s2)sc2c1CCC2. The van der Waals surface area contributed by atoms with Gasteiger partial charge in [-0.05, 0) is 57.7 Å². The molecule has 0 bridgehead atoms. The van der Waals surface area contributed by atoms with Gasteiger partial charge >= 0.3 is 5.97 Å². The molecule has 0 unspecified atom stereocenters. The van der Waals surface area contributed by atoms with Crippen molar-refractivity contribution >= 4 is 39.6 Å². The number of fused-ring (bicyclic) bond motifs is 1. The van der Waals surface area contributed by atoms with Crippen LogP contribution in [0.3, 0.4) is 0 Å². The van der Waals surface area contributed by atoms with Gasteiger partial charge in [0.15, 0.2) is 0 Å². The first-order valence-corrected chi connectivity index (χ1v) is 10.8. The average molecular weight is 417 g/mol. The minimum Gasteiger partial charge on any atom is -0.462 e. The maximum Gasteiger partial charge on any atom is 0.341 e. The van der Waals surface area contributed by atoms with Crippen LogP contribution in [-0.2, 0) is 17.6 Å². The van der Waals surface area contributed by atoms with Crippen LogP contribution in [0.5, 0.6) is 0 Å². The van der Waals surface area contributed by atoms with Crippen molar-refractivity contribution in [2.24, 2.45) is 0 Å². The fourth-order valence-corrected chi connectivity index (χ4v) is 5.82. The number of ether oxygens (including phenoxy) is 1. The zero-order chi connectivity index (χ0) is 19.8. The molecule has 6 nitrogen and oxygen atoms in total. The van der Waals surface area contributed by atoms with Crippen molar-refractivity contribution < 1.29 is 18.8 Å². The van der Waals surface area contributed by atoms with Gasteiger partial charge < -0.3 is 14.6 Å². The predicted molar refractivity (Wildman–Crippen MR) is 110 cm³/mol. The first-order chi connectivity index (χ1) is 13.5. The molecule has 146 valence electrons. The van der Waals surface area contributed by atoms with Gasteiger partial charge in [-0.15, -0.1) is 22.7 Å². The highest BCUT2D eigenvalue weighted by molar-refractivity contribution is 7.18. The second-order valence-electron chi connectivity index (χ2n) is 6.60. The van der Waals surface area contributed by atoms with E-state index in [1.54, 1.807) is 13.0 Å². The Kier molecular flexibility index (Phi) is 5.07. The van der Waals surface area contributed by atoms with Crippen molar-refractivity contribution in [3.05, 3.63) is 44.5 Å². The van der Waals surface area contributed by atoms with Crippen molar-refractivity contribution in [2.75, 3.05) is 11.9 Å². The third-order valence-corrected chi connectivity index (χ3v) is 7.05. The molecule has 4 rings (SSSR count). The van der Waals surface area contributed by atoms with E-state index in [1.165, 1.54) is 27.6 Å². The summed E-state index contributed by atoms with van der Waals surface area (Å²) in [6, 6.07) is 3.68. The van der Waals surface area contributed by atoms with Crippen molar-refractivity contribution in [2.45, 2.75) is 40.0 Å². The minimum atomic E-state index is -0.361. The van der Waals surface area contributed by atoms with E-state index in [2.05, 4.69) is 10.5 Å². The molecule has 0 atom stereocenters. The second-order valence-corrected chi connectivity index (χ2v) is 8.79. The number of hydrogen-bond acceptors (Lipinski definition) is 7. The Morgan fingerprint density at radius 1 is 1.25 bits per heavy atom. The molecule has 0 spiro atoms. The molecule has 3 heterocycles. The summed E-state index contributed by atoms with van der Waals surface area (Å²) in [4.78, 5) is 28.0. The lowest BCUT2D eigenvalue weighted by Gasteiger charge is -2.07. The molecule has 0 aliphatic heterocycles. The van der Waals surface area contributed by atoms with E-state index in [0.717, 1.165) is 46.7 Å². The van der Waals surface area contributed by atoms with Gasteiger partial charge in [-0.25, -0.2) is 4.79 Å². The number of amides is 1. The van der Waals surface area contributed by atoms with Crippen LogP contribution in [0.2, 0.25) is 0 Å². The van der Waals surface area contributed by atoms with Crippen LogP contribution in [0.4, 0.5) is 5.00 Å². The summed E-state index contributed by atoms with van der Waals surface area (Å²) in [5.74, 6) is 0.138. The molecular formula is C20H20N2O4S2. The van der Waals surface area contributed by atoms with Gasteiger partial charge in [0.1, 0.15) is 10.8 Å². The first kappa shape index (κ1) is 18.9. The second kappa shape index (κ2) is 7.52. The van der Waals surface area contributed by atoms with Gasteiger partial charge in [-0.1, -0.05) is 5.16 Å². The maximum absolute atomic E-state index is 12.8. The van der Waals surface area contributed by atoms with Crippen molar-refractivity contribution in [3.63, 3.8) is 0 Å². The predicted octanol–water partition coefficient (Wildman–Crippen LogP) is 5.00. The summed E-state index contributed by atoms with van der Waals surface area (Å²) >= 11 is 2.86. The number of rotatable bonds is 5. The molecule has 1 amide bonds. The van der Waals surface area contributed by atoms with Crippen LogP contribution in [0.25, 0.3) is 10.4 Å². The Morgan fingerprint density at radius 3 is 2.79 bits per heavy atom. The molecule has 0 fully saturated rings. The van der Waals surface area contributed by atoms with Gasteiger partial charge in [-0.3, -0.25) is 4.79 Å². The number of thiophene rings is 2. The number of nitrogens with zero attached hydrogens (tertiary/aromatic N) is 1. The van der Waals surface area contributed by atoms with Crippen molar-refractivity contribution in [1.29, 1.82) is 0 Å². The third-order valence-electron chi connectivity index (χ3n) is 4.74. The minimum absolute atomic E-state index is 0.228. The summed E-state index contributed by atoms with van der Waals surface area (Å²) in [5.41, 5.74) is 3.27. The fraction of sp³-hybridized carbons (Fsp3) is 0.350. The van der Waals surface area contributed by atoms with E-state index in [-0.39, 0.29) is 11.9 Å². The number of carbonyl (C=O) groups is 2. The van der Waals surface area contributed by atoms with Crippen LogP contribution < -0.4 is 5.32 Å². The number of nitrogens with one attached hydrogen (secondary N) is 1. The number of anilines is 1. The van der Waals surface area contributed by atoms with E-state index >= 15 is 0 Å². The zero-order valence-corrected chi connectivity index (χ0v) is 17.5. The smallest absolute Gasteiger partial charge is 0.341 e. The van der Waals surface area contributed by atoms with Gasteiger partial charge in [0.25, 0.3) is 5.91 Å². The van der Waals surface area contributed by atoms with E-state index in [0.29, 0.717) is 22.0 Å².